The van der Waals surface area contributed by atoms with Crippen molar-refractivity contribution in [1.82, 2.24) is 5.32 Å². The van der Waals surface area contributed by atoms with E-state index in [0.717, 1.165) is 15.8 Å². The normalized spacial score (nSPS) is 11.8. The summed E-state index contributed by atoms with van der Waals surface area (Å²) in [6.07, 6.45) is 0. The number of ether oxygens (including phenoxy) is 1. The first-order valence-electron chi connectivity index (χ1n) is 6.77. The molecule has 0 spiro atoms. The number of halogens is 1. The fourth-order valence-corrected chi connectivity index (χ4v) is 3.14. The fourth-order valence-electron chi connectivity index (χ4n) is 2.21. The Morgan fingerprint density at radius 3 is 2.48 bits per heavy atom. The first-order chi connectivity index (χ1) is 10.8. The quantitative estimate of drug-likeness (QED) is 0.879. The number of rotatable bonds is 5. The van der Waals surface area contributed by atoms with Crippen molar-refractivity contribution in [3.8, 4) is 5.75 Å². The Labute approximate surface area is 136 Å². The van der Waals surface area contributed by atoms with Gasteiger partial charge < -0.3 is 15.2 Å². The number of hydrogen-bond donors (Lipinski definition) is 2. The smallest absolute Gasteiger partial charge is 0.330 e. The number of nitrogens with one attached hydrogen (secondary N) is 1. The third kappa shape index (κ3) is 3.68. The molecule has 1 amide bonds. The van der Waals surface area contributed by atoms with Crippen LogP contribution in [0, 0.1) is 19.7 Å². The fraction of sp³-hybridized carbons (Fsp3) is 0.250. The lowest BCUT2D eigenvalue weighted by Crippen LogP contribution is -2.33. The lowest BCUT2D eigenvalue weighted by molar-refractivity contribution is -0.139. The van der Waals surface area contributed by atoms with Crippen LogP contribution in [0.25, 0.3) is 0 Å². The molecule has 1 unspecified atom stereocenters. The van der Waals surface area contributed by atoms with Gasteiger partial charge in [-0.15, -0.1) is 11.3 Å². The second-order valence-corrected chi connectivity index (χ2v) is 6.43. The highest BCUT2D eigenvalue weighted by Gasteiger charge is 2.25. The largest absolute Gasteiger partial charge is 0.494 e. The zero-order valence-electron chi connectivity index (χ0n) is 12.8. The summed E-state index contributed by atoms with van der Waals surface area (Å²) in [6.45, 7) is 3.65. The van der Waals surface area contributed by atoms with Crippen LogP contribution in [0.15, 0.2) is 24.3 Å². The Hall–Kier alpha value is -2.41. The van der Waals surface area contributed by atoms with Gasteiger partial charge in [0.05, 0.1) is 12.7 Å². The van der Waals surface area contributed by atoms with Crippen molar-refractivity contribution >= 4 is 23.2 Å². The maximum absolute atomic E-state index is 13.8. The molecular formula is C16H16FNO4S. The zero-order valence-corrected chi connectivity index (χ0v) is 13.7. The van der Waals surface area contributed by atoms with E-state index in [9.17, 15) is 19.1 Å². The average molecular weight is 337 g/mol. The van der Waals surface area contributed by atoms with Crippen molar-refractivity contribution in [1.29, 1.82) is 0 Å². The molecule has 2 N–H and O–H groups in total. The lowest BCUT2D eigenvalue weighted by atomic mass is 10.1. The number of carbonyl (C=O) groups is 2. The molecule has 1 heterocycles. The van der Waals surface area contributed by atoms with Crippen molar-refractivity contribution in [3.63, 3.8) is 0 Å². The number of aliphatic carboxylic acids is 1. The molecule has 0 saturated carbocycles. The van der Waals surface area contributed by atoms with Crippen LogP contribution in [0.1, 0.15) is 31.7 Å². The number of carbonyl (C=O) groups excluding carboxylic acids is 1. The number of amides is 1. The number of carboxylic acid groups (broad SMARTS) is 1. The molecule has 0 aliphatic rings. The van der Waals surface area contributed by atoms with Crippen LogP contribution in [0.5, 0.6) is 5.75 Å². The average Bonchev–Trinajstić information content (AvgIpc) is 2.83. The molecule has 2 aromatic rings. The summed E-state index contributed by atoms with van der Waals surface area (Å²) in [4.78, 5) is 25.5. The lowest BCUT2D eigenvalue weighted by Gasteiger charge is -2.15. The molecule has 5 nitrogen and oxygen atoms in total. The van der Waals surface area contributed by atoms with Crippen LogP contribution in [-0.4, -0.2) is 24.1 Å². The molecule has 0 fully saturated rings. The first-order valence-corrected chi connectivity index (χ1v) is 7.59. The third-order valence-corrected chi connectivity index (χ3v) is 4.28. The Bertz CT molecular complexity index is 757. The molecule has 1 aromatic heterocycles. The molecule has 0 saturated heterocycles. The molecule has 0 aliphatic carbocycles. The highest BCUT2D eigenvalue weighted by Crippen LogP contribution is 2.24. The molecule has 122 valence electrons. The number of thiophene rings is 1. The summed E-state index contributed by atoms with van der Waals surface area (Å²) in [5, 5.41) is 11.8. The summed E-state index contributed by atoms with van der Waals surface area (Å²) in [5.41, 5.74) is 0.557. The molecule has 1 atom stereocenters. The molecule has 0 aliphatic heterocycles. The van der Waals surface area contributed by atoms with Crippen molar-refractivity contribution < 1.29 is 23.8 Å². The second-order valence-electron chi connectivity index (χ2n) is 4.97. The molecule has 23 heavy (non-hydrogen) atoms. The number of carboxylic acids is 1. The van der Waals surface area contributed by atoms with E-state index in [1.54, 1.807) is 13.0 Å². The van der Waals surface area contributed by atoms with E-state index in [2.05, 4.69) is 5.32 Å². The Balaban J connectivity index is 2.29. The standard InChI is InChI=1S/C16H16FNO4S/c1-8-6-11(9(2)23-8)15(19)18-14(16(20)21)10-4-5-13(22-3)12(17)7-10/h4-7,14H,1-3H3,(H,18,19)(H,20,21). The zero-order chi connectivity index (χ0) is 17.1. The van der Waals surface area contributed by atoms with Crippen LogP contribution in [-0.2, 0) is 4.79 Å². The predicted octanol–water partition coefficient (Wildman–Crippen LogP) is 3.07. The summed E-state index contributed by atoms with van der Waals surface area (Å²) in [5.74, 6) is -2.45. The van der Waals surface area contributed by atoms with Crippen LogP contribution >= 0.6 is 11.3 Å². The van der Waals surface area contributed by atoms with E-state index < -0.39 is 23.7 Å². The van der Waals surface area contributed by atoms with Crippen LogP contribution in [0.2, 0.25) is 0 Å². The van der Waals surface area contributed by atoms with Gasteiger partial charge in [0, 0.05) is 9.75 Å². The Kier molecular flexibility index (Phi) is 5.00. The summed E-state index contributed by atoms with van der Waals surface area (Å²) in [6, 6.07) is 4.13. The van der Waals surface area contributed by atoms with Gasteiger partial charge in [0.1, 0.15) is 0 Å². The molecule has 0 radical (unpaired) electrons. The van der Waals surface area contributed by atoms with Gasteiger partial charge in [-0.05, 0) is 37.6 Å². The number of methoxy groups -OCH3 is 1. The number of aryl methyl sites for hydroxylation is 2. The monoisotopic (exact) mass is 337 g/mol. The van der Waals surface area contributed by atoms with E-state index in [-0.39, 0.29) is 11.3 Å². The van der Waals surface area contributed by atoms with Gasteiger partial charge in [-0.2, -0.15) is 0 Å². The second kappa shape index (κ2) is 6.78. The molecule has 0 bridgehead atoms. The number of benzene rings is 1. The van der Waals surface area contributed by atoms with E-state index in [4.69, 9.17) is 4.74 Å². The molecule has 7 heteroatoms. The molecule has 2 rings (SSSR count). The maximum atomic E-state index is 13.8. The van der Waals surface area contributed by atoms with E-state index >= 15 is 0 Å². The van der Waals surface area contributed by atoms with Gasteiger partial charge in [0.15, 0.2) is 17.6 Å². The van der Waals surface area contributed by atoms with Crippen LogP contribution < -0.4 is 10.1 Å². The topological polar surface area (TPSA) is 75.6 Å². The minimum absolute atomic E-state index is 0.00789. The highest BCUT2D eigenvalue weighted by atomic mass is 32.1. The van der Waals surface area contributed by atoms with Crippen LogP contribution in [0.3, 0.4) is 0 Å². The van der Waals surface area contributed by atoms with Gasteiger partial charge in [-0.25, -0.2) is 9.18 Å². The SMILES string of the molecule is COc1ccc(C(NC(=O)c2cc(C)sc2C)C(=O)O)cc1F. The van der Waals surface area contributed by atoms with Crippen LogP contribution in [0.4, 0.5) is 4.39 Å². The van der Waals surface area contributed by atoms with Crippen molar-refractivity contribution in [2.45, 2.75) is 19.9 Å². The van der Waals surface area contributed by atoms with Crippen molar-refractivity contribution in [2.24, 2.45) is 0 Å². The number of hydrogen-bond acceptors (Lipinski definition) is 4. The van der Waals surface area contributed by atoms with Gasteiger partial charge in [-0.3, -0.25) is 4.79 Å². The minimum atomic E-state index is -1.34. The van der Waals surface area contributed by atoms with E-state index in [1.807, 2.05) is 6.92 Å². The maximum Gasteiger partial charge on any atom is 0.330 e. The highest BCUT2D eigenvalue weighted by molar-refractivity contribution is 7.12. The Morgan fingerprint density at radius 1 is 1.30 bits per heavy atom. The summed E-state index contributed by atoms with van der Waals surface area (Å²) in [7, 11) is 1.32. The summed E-state index contributed by atoms with van der Waals surface area (Å²) >= 11 is 1.45. The first kappa shape index (κ1) is 17.0. The van der Waals surface area contributed by atoms with Crippen molar-refractivity contribution in [3.05, 3.63) is 51.0 Å². The summed E-state index contributed by atoms with van der Waals surface area (Å²) < 4.78 is 18.6. The van der Waals surface area contributed by atoms with E-state index in [0.29, 0.717) is 5.56 Å². The van der Waals surface area contributed by atoms with Gasteiger partial charge >= 0.3 is 5.97 Å². The van der Waals surface area contributed by atoms with Gasteiger partial charge in [-0.1, -0.05) is 6.07 Å². The Morgan fingerprint density at radius 2 is 2.00 bits per heavy atom. The molecular weight excluding hydrogens is 321 g/mol. The molecule has 1 aromatic carbocycles. The third-order valence-electron chi connectivity index (χ3n) is 3.32. The van der Waals surface area contributed by atoms with E-state index in [1.165, 1.54) is 30.6 Å². The predicted molar refractivity (Wildman–Crippen MR) is 84.6 cm³/mol. The van der Waals surface area contributed by atoms with Crippen molar-refractivity contribution in [2.75, 3.05) is 7.11 Å². The van der Waals surface area contributed by atoms with Gasteiger partial charge in [0.2, 0.25) is 0 Å². The van der Waals surface area contributed by atoms with Gasteiger partial charge in [0.25, 0.3) is 5.91 Å². The minimum Gasteiger partial charge on any atom is -0.494 e.